The van der Waals surface area contributed by atoms with E-state index in [1.54, 1.807) is 23.4 Å². The van der Waals surface area contributed by atoms with Gasteiger partial charge in [0.2, 0.25) is 11.8 Å². The fraction of sp³-hybridized carbons (Fsp3) is 0.385. The number of aryl methyl sites for hydroxylation is 1. The van der Waals surface area contributed by atoms with Gasteiger partial charge in [0.15, 0.2) is 0 Å². The van der Waals surface area contributed by atoms with Gasteiger partial charge in [-0.15, -0.1) is 0 Å². The van der Waals surface area contributed by atoms with Gasteiger partial charge in [-0.3, -0.25) is 4.98 Å². The van der Waals surface area contributed by atoms with E-state index in [9.17, 15) is 4.79 Å². The fourth-order valence-electron chi connectivity index (χ4n) is 3.81. The summed E-state index contributed by atoms with van der Waals surface area (Å²) in [5.41, 5.74) is 3.63. The van der Waals surface area contributed by atoms with Crippen LogP contribution in [0.5, 0.6) is 5.88 Å². The summed E-state index contributed by atoms with van der Waals surface area (Å²) >= 11 is 0. The number of ether oxygens (including phenoxy) is 2. The van der Waals surface area contributed by atoms with E-state index in [2.05, 4.69) is 33.3 Å². The third kappa shape index (κ3) is 6.43. The molecule has 2 aromatic heterocycles. The zero-order valence-corrected chi connectivity index (χ0v) is 20.1. The molecule has 3 heterocycles. The Morgan fingerprint density at radius 1 is 1.09 bits per heavy atom. The molecule has 1 aliphatic rings. The number of likely N-dealkylation sites (tertiary alicyclic amines) is 1. The molecule has 1 fully saturated rings. The normalized spacial score (nSPS) is 14.5. The Morgan fingerprint density at radius 2 is 1.88 bits per heavy atom. The van der Waals surface area contributed by atoms with Gasteiger partial charge < -0.3 is 19.7 Å². The van der Waals surface area contributed by atoms with Gasteiger partial charge in [0.05, 0.1) is 0 Å². The first-order valence-electron chi connectivity index (χ1n) is 11.5. The minimum absolute atomic E-state index is 0.0161. The monoisotopic (exact) mass is 461 g/mol. The summed E-state index contributed by atoms with van der Waals surface area (Å²) in [6.07, 6.45) is 6.44. The van der Waals surface area contributed by atoms with Crippen LogP contribution in [-0.4, -0.2) is 50.7 Å². The van der Waals surface area contributed by atoms with Crippen LogP contribution in [0.1, 0.15) is 39.2 Å². The number of piperidine rings is 1. The molecule has 0 aliphatic carbocycles. The van der Waals surface area contributed by atoms with Gasteiger partial charge in [0.1, 0.15) is 11.7 Å². The quantitative estimate of drug-likeness (QED) is 0.546. The molecule has 3 aromatic rings. The molecule has 0 bridgehead atoms. The van der Waals surface area contributed by atoms with Crippen molar-refractivity contribution in [2.45, 2.75) is 52.2 Å². The van der Waals surface area contributed by atoms with Crippen molar-refractivity contribution in [1.82, 2.24) is 19.9 Å². The van der Waals surface area contributed by atoms with E-state index in [4.69, 9.17) is 9.47 Å². The van der Waals surface area contributed by atoms with Crippen molar-refractivity contribution in [1.29, 1.82) is 0 Å². The van der Waals surface area contributed by atoms with E-state index in [0.29, 0.717) is 24.9 Å². The van der Waals surface area contributed by atoms with E-state index >= 15 is 0 Å². The van der Waals surface area contributed by atoms with Crippen LogP contribution in [0.25, 0.3) is 11.1 Å². The number of nitrogens with zero attached hydrogens (tertiary/aromatic N) is 4. The van der Waals surface area contributed by atoms with E-state index in [1.807, 2.05) is 51.2 Å². The Kier molecular flexibility index (Phi) is 6.95. The van der Waals surface area contributed by atoms with Crippen molar-refractivity contribution < 1.29 is 14.3 Å². The number of pyridine rings is 1. The lowest BCUT2D eigenvalue weighted by Crippen LogP contribution is -2.44. The van der Waals surface area contributed by atoms with Gasteiger partial charge in [-0.1, -0.05) is 12.1 Å². The predicted molar refractivity (Wildman–Crippen MR) is 131 cm³/mol. The van der Waals surface area contributed by atoms with Crippen LogP contribution in [0, 0.1) is 6.92 Å². The number of anilines is 2. The summed E-state index contributed by atoms with van der Waals surface area (Å²) in [5, 5.41) is 3.28. The van der Waals surface area contributed by atoms with Crippen molar-refractivity contribution in [2.24, 2.45) is 0 Å². The second kappa shape index (κ2) is 10.1. The molecule has 178 valence electrons. The number of rotatable bonds is 5. The topological polar surface area (TPSA) is 89.5 Å². The maximum Gasteiger partial charge on any atom is 0.410 e. The standard InChI is InChI=1S/C26H31N5O3/c1-18-14-20(19-6-5-10-27-17-19)16-21(15-18)29-24-28-11-7-23(30-24)33-22-8-12-31(13-9-22)25(32)34-26(2,3)4/h5-7,10-11,14-17,22H,8-9,12-13H2,1-4H3,(H,28,29,30). The van der Waals surface area contributed by atoms with Crippen molar-refractivity contribution in [2.75, 3.05) is 18.4 Å². The second-order valence-electron chi connectivity index (χ2n) is 9.46. The van der Waals surface area contributed by atoms with Gasteiger partial charge in [-0.2, -0.15) is 4.98 Å². The number of hydrogen-bond acceptors (Lipinski definition) is 7. The highest BCUT2D eigenvalue weighted by Gasteiger charge is 2.27. The molecule has 0 radical (unpaired) electrons. The largest absolute Gasteiger partial charge is 0.474 e. The van der Waals surface area contributed by atoms with Crippen LogP contribution >= 0.6 is 0 Å². The molecular formula is C26H31N5O3. The third-order valence-electron chi connectivity index (χ3n) is 5.34. The van der Waals surface area contributed by atoms with Crippen LogP contribution in [-0.2, 0) is 4.74 Å². The highest BCUT2D eigenvalue weighted by Crippen LogP contribution is 2.26. The lowest BCUT2D eigenvalue weighted by Gasteiger charge is -2.33. The number of aromatic nitrogens is 3. The molecule has 4 rings (SSSR count). The van der Waals surface area contributed by atoms with Gasteiger partial charge in [0, 0.05) is 61.8 Å². The maximum absolute atomic E-state index is 12.3. The molecule has 0 spiro atoms. The van der Waals surface area contributed by atoms with Crippen molar-refractivity contribution >= 4 is 17.7 Å². The molecule has 1 saturated heterocycles. The fourth-order valence-corrected chi connectivity index (χ4v) is 3.81. The molecule has 1 N–H and O–H groups in total. The number of carbonyl (C=O) groups excluding carboxylic acids is 1. The molecule has 1 aromatic carbocycles. The van der Waals surface area contributed by atoms with E-state index in [-0.39, 0.29) is 12.2 Å². The van der Waals surface area contributed by atoms with Crippen LogP contribution in [0.3, 0.4) is 0 Å². The molecule has 34 heavy (non-hydrogen) atoms. The van der Waals surface area contributed by atoms with Crippen LogP contribution in [0.4, 0.5) is 16.4 Å². The summed E-state index contributed by atoms with van der Waals surface area (Å²) in [6.45, 7) is 8.86. The van der Waals surface area contributed by atoms with Gasteiger partial charge >= 0.3 is 6.09 Å². The lowest BCUT2D eigenvalue weighted by molar-refractivity contribution is 0.0123. The molecule has 8 heteroatoms. The Hall–Kier alpha value is -3.68. The predicted octanol–water partition coefficient (Wildman–Crippen LogP) is 5.37. The van der Waals surface area contributed by atoms with Crippen molar-refractivity contribution in [3.8, 4) is 17.0 Å². The van der Waals surface area contributed by atoms with Gasteiger partial charge in [0.25, 0.3) is 0 Å². The van der Waals surface area contributed by atoms with E-state index < -0.39 is 5.60 Å². The molecule has 0 atom stereocenters. The van der Waals surface area contributed by atoms with Crippen LogP contribution in [0.15, 0.2) is 55.0 Å². The molecule has 0 saturated carbocycles. The second-order valence-corrected chi connectivity index (χ2v) is 9.46. The average molecular weight is 462 g/mol. The summed E-state index contributed by atoms with van der Waals surface area (Å²) in [5.74, 6) is 0.972. The van der Waals surface area contributed by atoms with Gasteiger partial charge in [-0.25, -0.2) is 9.78 Å². The molecule has 1 aliphatic heterocycles. The highest BCUT2D eigenvalue weighted by atomic mass is 16.6. The minimum atomic E-state index is -0.495. The number of amides is 1. The average Bonchev–Trinajstić information content (AvgIpc) is 2.79. The maximum atomic E-state index is 12.3. The third-order valence-corrected chi connectivity index (χ3v) is 5.34. The number of benzene rings is 1. The molecule has 1 amide bonds. The SMILES string of the molecule is Cc1cc(Nc2nccc(OC3CCN(C(=O)OC(C)(C)C)CC3)n2)cc(-c2cccnc2)c1. The Labute approximate surface area is 200 Å². The number of hydrogen-bond donors (Lipinski definition) is 1. The van der Waals surface area contributed by atoms with Crippen molar-refractivity contribution in [3.05, 3.63) is 60.6 Å². The van der Waals surface area contributed by atoms with E-state index in [0.717, 1.165) is 35.2 Å². The first kappa shape index (κ1) is 23.5. The highest BCUT2D eigenvalue weighted by molar-refractivity contribution is 5.70. The summed E-state index contributed by atoms with van der Waals surface area (Å²) in [4.78, 5) is 27.1. The van der Waals surface area contributed by atoms with Gasteiger partial charge in [-0.05, 0) is 57.0 Å². The summed E-state index contributed by atoms with van der Waals surface area (Å²) < 4.78 is 11.6. The minimum Gasteiger partial charge on any atom is -0.474 e. The summed E-state index contributed by atoms with van der Waals surface area (Å²) in [6, 6.07) is 11.9. The zero-order chi connectivity index (χ0) is 24.1. The Balaban J connectivity index is 1.37. The molecular weight excluding hydrogens is 430 g/mol. The van der Waals surface area contributed by atoms with Crippen LogP contribution in [0.2, 0.25) is 0 Å². The number of nitrogens with one attached hydrogen (secondary N) is 1. The lowest BCUT2D eigenvalue weighted by atomic mass is 10.0. The molecule has 0 unspecified atom stereocenters. The summed E-state index contributed by atoms with van der Waals surface area (Å²) in [7, 11) is 0. The van der Waals surface area contributed by atoms with Crippen molar-refractivity contribution in [3.63, 3.8) is 0 Å². The first-order valence-corrected chi connectivity index (χ1v) is 11.5. The zero-order valence-electron chi connectivity index (χ0n) is 20.1. The molecule has 8 nitrogen and oxygen atoms in total. The van der Waals surface area contributed by atoms with E-state index in [1.165, 1.54) is 0 Å². The van der Waals surface area contributed by atoms with Crippen LogP contribution < -0.4 is 10.1 Å². The Morgan fingerprint density at radius 3 is 2.59 bits per heavy atom. The smallest absolute Gasteiger partial charge is 0.410 e. The number of carbonyl (C=O) groups is 1. The Bertz CT molecular complexity index is 1120. The first-order chi connectivity index (χ1) is 16.2.